The van der Waals surface area contributed by atoms with Crippen LogP contribution in [0.25, 0.3) is 0 Å². The third-order valence-electron chi connectivity index (χ3n) is 2.37. The first-order valence-electron chi connectivity index (χ1n) is 5.22. The number of rotatable bonds is 5. The van der Waals surface area contributed by atoms with Gasteiger partial charge in [-0.2, -0.15) is 0 Å². The molecule has 0 radical (unpaired) electrons. The van der Waals surface area contributed by atoms with Crippen LogP contribution in [0.5, 0.6) is 0 Å². The minimum absolute atomic E-state index is 0.197. The van der Waals surface area contributed by atoms with Crippen molar-refractivity contribution >= 4 is 17.3 Å². The summed E-state index contributed by atoms with van der Waals surface area (Å²) in [5.41, 5.74) is 0.436. The summed E-state index contributed by atoms with van der Waals surface area (Å²) in [6, 6.07) is 3.54. The summed E-state index contributed by atoms with van der Waals surface area (Å²) in [5.74, 6) is -0.518. The van der Waals surface area contributed by atoms with Gasteiger partial charge in [-0.3, -0.25) is 10.1 Å². The highest BCUT2D eigenvalue weighted by Crippen LogP contribution is 2.26. The van der Waals surface area contributed by atoms with Gasteiger partial charge in [0, 0.05) is 6.07 Å². The Kier molecular flexibility index (Phi) is 4.61. The first-order valence-corrected chi connectivity index (χ1v) is 5.22. The van der Waals surface area contributed by atoms with Crippen LogP contribution in [0.1, 0.15) is 12.5 Å². The van der Waals surface area contributed by atoms with Crippen LogP contribution in [0, 0.1) is 10.1 Å². The number of carbonyl (C=O) groups is 1. The predicted octanol–water partition coefficient (Wildman–Crippen LogP) is 1.06. The highest BCUT2D eigenvalue weighted by atomic mass is 16.6. The van der Waals surface area contributed by atoms with E-state index in [0.29, 0.717) is 5.56 Å². The van der Waals surface area contributed by atoms with E-state index in [2.05, 4.69) is 10.1 Å². The zero-order valence-corrected chi connectivity index (χ0v) is 10.0. The third kappa shape index (κ3) is 3.17. The molecule has 7 nitrogen and oxygen atoms in total. The van der Waals surface area contributed by atoms with E-state index in [4.69, 9.17) is 5.11 Å². The van der Waals surface area contributed by atoms with Crippen molar-refractivity contribution in [3.05, 3.63) is 33.9 Å². The fraction of sp³-hybridized carbons (Fsp3) is 0.364. The topological polar surface area (TPSA) is 102 Å². The van der Waals surface area contributed by atoms with Crippen LogP contribution < -0.4 is 5.32 Å². The summed E-state index contributed by atoms with van der Waals surface area (Å²) in [4.78, 5) is 21.5. The van der Waals surface area contributed by atoms with Gasteiger partial charge in [0.25, 0.3) is 5.69 Å². The van der Waals surface area contributed by atoms with E-state index in [1.165, 1.54) is 26.2 Å². The summed E-state index contributed by atoms with van der Waals surface area (Å²) >= 11 is 0. The summed E-state index contributed by atoms with van der Waals surface area (Å²) in [7, 11) is 1.24. The number of nitro benzene ring substituents is 1. The number of carbonyl (C=O) groups excluding carboxylic acids is 1. The van der Waals surface area contributed by atoms with Crippen molar-refractivity contribution in [1.82, 2.24) is 0 Å². The molecule has 0 bridgehead atoms. The fourth-order valence-corrected chi connectivity index (χ4v) is 1.42. The maximum atomic E-state index is 11.2. The molecule has 1 aromatic rings. The molecule has 0 aromatic heterocycles. The smallest absolute Gasteiger partial charge is 0.327 e. The Hall–Kier alpha value is -2.15. The van der Waals surface area contributed by atoms with Crippen LogP contribution in [-0.2, 0) is 16.1 Å². The molecule has 98 valence electrons. The van der Waals surface area contributed by atoms with Gasteiger partial charge in [0.15, 0.2) is 0 Å². The molecule has 0 aliphatic heterocycles. The number of ether oxygens (including phenoxy) is 1. The number of anilines is 1. The molecule has 0 spiro atoms. The van der Waals surface area contributed by atoms with Gasteiger partial charge in [0.05, 0.1) is 18.6 Å². The van der Waals surface area contributed by atoms with Gasteiger partial charge >= 0.3 is 5.97 Å². The summed E-state index contributed by atoms with van der Waals surface area (Å²) in [6.07, 6.45) is 0. The lowest BCUT2D eigenvalue weighted by Gasteiger charge is -2.13. The number of nitro groups is 1. The van der Waals surface area contributed by atoms with Gasteiger partial charge in [-0.15, -0.1) is 0 Å². The SMILES string of the molecule is COC(=O)[C@@H](C)Nc1ccc(CO)cc1[N+](=O)[O-]. The maximum absolute atomic E-state index is 11.2. The third-order valence-corrected chi connectivity index (χ3v) is 2.37. The molecule has 1 aromatic carbocycles. The van der Waals surface area contributed by atoms with Crippen LogP contribution >= 0.6 is 0 Å². The second kappa shape index (κ2) is 5.97. The van der Waals surface area contributed by atoms with Crippen molar-refractivity contribution in [2.75, 3.05) is 12.4 Å². The summed E-state index contributed by atoms with van der Waals surface area (Å²) in [5, 5.41) is 22.5. The number of methoxy groups -OCH3 is 1. The van der Waals surface area contributed by atoms with Gasteiger partial charge in [0.2, 0.25) is 0 Å². The van der Waals surface area contributed by atoms with E-state index in [0.717, 1.165) is 0 Å². The van der Waals surface area contributed by atoms with Gasteiger partial charge in [0.1, 0.15) is 11.7 Å². The maximum Gasteiger partial charge on any atom is 0.327 e. The average Bonchev–Trinajstić information content (AvgIpc) is 2.37. The van der Waals surface area contributed by atoms with E-state index in [1.54, 1.807) is 6.07 Å². The quantitative estimate of drug-likeness (QED) is 0.463. The Morgan fingerprint density at radius 3 is 2.78 bits per heavy atom. The highest BCUT2D eigenvalue weighted by Gasteiger charge is 2.19. The van der Waals surface area contributed by atoms with E-state index >= 15 is 0 Å². The summed E-state index contributed by atoms with van der Waals surface area (Å²) < 4.78 is 4.52. The van der Waals surface area contributed by atoms with Crippen LogP contribution in [-0.4, -0.2) is 29.2 Å². The second-order valence-electron chi connectivity index (χ2n) is 3.66. The van der Waals surface area contributed by atoms with Gasteiger partial charge in [-0.05, 0) is 18.6 Å². The van der Waals surface area contributed by atoms with Gasteiger partial charge in [-0.1, -0.05) is 6.07 Å². The van der Waals surface area contributed by atoms with Crippen molar-refractivity contribution in [3.8, 4) is 0 Å². The minimum Gasteiger partial charge on any atom is -0.467 e. The molecule has 1 rings (SSSR count). The lowest BCUT2D eigenvalue weighted by Crippen LogP contribution is -2.27. The normalized spacial score (nSPS) is 11.7. The van der Waals surface area contributed by atoms with Crippen molar-refractivity contribution in [2.24, 2.45) is 0 Å². The van der Waals surface area contributed by atoms with Crippen LogP contribution in [0.2, 0.25) is 0 Å². The van der Waals surface area contributed by atoms with Crippen molar-refractivity contribution in [3.63, 3.8) is 0 Å². The van der Waals surface area contributed by atoms with Gasteiger partial charge < -0.3 is 15.2 Å². The lowest BCUT2D eigenvalue weighted by molar-refractivity contribution is -0.384. The zero-order chi connectivity index (χ0) is 13.7. The van der Waals surface area contributed by atoms with Crippen LogP contribution in [0.4, 0.5) is 11.4 Å². The average molecular weight is 254 g/mol. The number of aliphatic hydroxyl groups excluding tert-OH is 1. The molecule has 0 unspecified atom stereocenters. The van der Waals surface area contributed by atoms with E-state index in [-0.39, 0.29) is 18.0 Å². The standard InChI is InChI=1S/C11H14N2O5/c1-7(11(15)18-2)12-9-4-3-8(6-14)5-10(9)13(16)17/h3-5,7,12,14H,6H2,1-2H3/t7-/m1/s1. The molecule has 7 heteroatoms. The van der Waals surface area contributed by atoms with Crippen LogP contribution in [0.15, 0.2) is 18.2 Å². The second-order valence-corrected chi connectivity index (χ2v) is 3.66. The fourth-order valence-electron chi connectivity index (χ4n) is 1.42. The molecule has 0 saturated heterocycles. The van der Waals surface area contributed by atoms with E-state index in [1.807, 2.05) is 0 Å². The Morgan fingerprint density at radius 1 is 1.61 bits per heavy atom. The molecule has 0 aliphatic carbocycles. The van der Waals surface area contributed by atoms with E-state index in [9.17, 15) is 14.9 Å². The molecule has 18 heavy (non-hydrogen) atoms. The molecule has 2 N–H and O–H groups in total. The number of hydrogen-bond acceptors (Lipinski definition) is 6. The molecule has 0 aliphatic rings. The first kappa shape index (κ1) is 13.9. The number of nitrogens with zero attached hydrogens (tertiary/aromatic N) is 1. The number of nitrogens with one attached hydrogen (secondary N) is 1. The molecule has 0 amide bonds. The van der Waals surface area contributed by atoms with Crippen molar-refractivity contribution in [1.29, 1.82) is 0 Å². The zero-order valence-electron chi connectivity index (χ0n) is 10.0. The monoisotopic (exact) mass is 254 g/mol. The lowest BCUT2D eigenvalue weighted by atomic mass is 10.1. The van der Waals surface area contributed by atoms with Crippen molar-refractivity contribution < 1.29 is 19.6 Å². The minimum atomic E-state index is -0.700. The Morgan fingerprint density at radius 2 is 2.28 bits per heavy atom. The largest absolute Gasteiger partial charge is 0.467 e. The predicted molar refractivity (Wildman–Crippen MR) is 64.1 cm³/mol. The molecule has 0 heterocycles. The summed E-state index contributed by atoms with van der Waals surface area (Å²) in [6.45, 7) is 1.25. The van der Waals surface area contributed by atoms with Gasteiger partial charge in [-0.25, -0.2) is 4.79 Å². The Bertz CT molecular complexity index is 461. The Balaban J connectivity index is 3.01. The Labute approximate surface area is 104 Å². The van der Waals surface area contributed by atoms with Crippen molar-refractivity contribution in [2.45, 2.75) is 19.6 Å². The molecule has 0 fully saturated rings. The number of hydrogen-bond donors (Lipinski definition) is 2. The molecular formula is C11H14N2O5. The number of benzene rings is 1. The molecule has 1 atom stereocenters. The highest BCUT2D eigenvalue weighted by molar-refractivity contribution is 5.80. The first-order chi connectivity index (χ1) is 8.49. The van der Waals surface area contributed by atoms with E-state index < -0.39 is 16.9 Å². The molecule has 0 saturated carbocycles. The molecular weight excluding hydrogens is 240 g/mol. The number of esters is 1. The van der Waals surface area contributed by atoms with Crippen LogP contribution in [0.3, 0.4) is 0 Å². The number of aliphatic hydroxyl groups is 1.